The van der Waals surface area contributed by atoms with Crippen LogP contribution in [0.25, 0.3) is 0 Å². The van der Waals surface area contributed by atoms with Crippen molar-refractivity contribution in [3.8, 4) is 0 Å². The predicted molar refractivity (Wildman–Crippen MR) is 83.3 cm³/mol. The highest BCUT2D eigenvalue weighted by atomic mass is 79.9. The lowest BCUT2D eigenvalue weighted by Crippen LogP contribution is -1.97. The van der Waals surface area contributed by atoms with Crippen molar-refractivity contribution < 1.29 is 0 Å². The van der Waals surface area contributed by atoms with Crippen molar-refractivity contribution in [3.05, 3.63) is 49.9 Å². The van der Waals surface area contributed by atoms with E-state index in [-0.39, 0.29) is 0 Å². The molecule has 0 aliphatic heterocycles. The third kappa shape index (κ3) is 3.04. The Morgan fingerprint density at radius 1 is 0.889 bits per heavy atom. The molecular weight excluding hydrogens is 358 g/mol. The first kappa shape index (κ1) is 13.8. The molecule has 0 saturated carbocycles. The molecule has 18 heavy (non-hydrogen) atoms. The van der Waals surface area contributed by atoms with Crippen molar-refractivity contribution in [1.82, 2.24) is 0 Å². The fraction of sp³-hybridized carbons (Fsp3) is 0. The fourth-order valence-corrected chi connectivity index (χ4v) is 2.27. The maximum Gasteiger partial charge on any atom is 0.0641 e. The van der Waals surface area contributed by atoms with E-state index >= 15 is 0 Å². The number of benzene rings is 2. The van der Waals surface area contributed by atoms with E-state index in [1.165, 1.54) is 0 Å². The first-order valence-electron chi connectivity index (χ1n) is 4.94. The molecule has 0 amide bonds. The largest absolute Gasteiger partial charge is 0.397 e. The Kier molecular flexibility index (Phi) is 4.28. The Morgan fingerprint density at radius 3 is 2.28 bits per heavy atom. The molecule has 94 valence electrons. The van der Waals surface area contributed by atoms with Crippen molar-refractivity contribution in [2.45, 2.75) is 0 Å². The van der Waals surface area contributed by atoms with Crippen LogP contribution in [-0.4, -0.2) is 0 Å². The number of nitrogens with two attached hydrogens (primary N) is 1. The van der Waals surface area contributed by atoms with E-state index in [0.29, 0.717) is 26.4 Å². The molecule has 0 aliphatic carbocycles. The van der Waals surface area contributed by atoms with Gasteiger partial charge in [0, 0.05) is 4.47 Å². The van der Waals surface area contributed by atoms with E-state index in [1.807, 2.05) is 12.1 Å². The van der Waals surface area contributed by atoms with Gasteiger partial charge < -0.3 is 11.1 Å². The molecule has 3 N–H and O–H groups in total. The lowest BCUT2D eigenvalue weighted by Gasteiger charge is -2.12. The third-order valence-corrected chi connectivity index (χ3v) is 3.84. The second-order valence-electron chi connectivity index (χ2n) is 3.60. The second-order valence-corrected chi connectivity index (χ2v) is 5.74. The summed E-state index contributed by atoms with van der Waals surface area (Å²) in [5.74, 6) is 0. The first-order valence-corrected chi connectivity index (χ1v) is 6.86. The molecule has 2 rings (SSSR count). The van der Waals surface area contributed by atoms with Crippen molar-refractivity contribution in [3.63, 3.8) is 0 Å². The van der Waals surface area contributed by atoms with E-state index in [2.05, 4.69) is 21.2 Å². The Labute approximate surface area is 128 Å². The van der Waals surface area contributed by atoms with E-state index < -0.39 is 0 Å². The number of hydrogen-bond acceptors (Lipinski definition) is 2. The average Bonchev–Trinajstić information content (AvgIpc) is 2.30. The van der Waals surface area contributed by atoms with Crippen molar-refractivity contribution in [2.24, 2.45) is 0 Å². The molecule has 0 spiro atoms. The second kappa shape index (κ2) is 5.57. The minimum atomic E-state index is 0.417. The van der Waals surface area contributed by atoms with Gasteiger partial charge in [-0.15, -0.1) is 0 Å². The molecule has 2 aromatic carbocycles. The van der Waals surface area contributed by atoms with Gasteiger partial charge in [0.1, 0.15) is 0 Å². The van der Waals surface area contributed by atoms with Gasteiger partial charge in [-0.25, -0.2) is 0 Å². The highest BCUT2D eigenvalue weighted by molar-refractivity contribution is 9.10. The van der Waals surface area contributed by atoms with Crippen molar-refractivity contribution in [1.29, 1.82) is 0 Å². The van der Waals surface area contributed by atoms with Gasteiger partial charge in [0.05, 0.1) is 32.1 Å². The van der Waals surface area contributed by atoms with Crippen LogP contribution in [0, 0.1) is 0 Å². The molecule has 2 aromatic rings. The Morgan fingerprint density at radius 2 is 1.56 bits per heavy atom. The summed E-state index contributed by atoms with van der Waals surface area (Å²) in [7, 11) is 0. The molecule has 0 radical (unpaired) electrons. The van der Waals surface area contributed by atoms with Crippen LogP contribution in [0.4, 0.5) is 17.1 Å². The number of anilines is 3. The van der Waals surface area contributed by atoms with Crippen LogP contribution in [0.3, 0.4) is 0 Å². The van der Waals surface area contributed by atoms with Gasteiger partial charge in [0.15, 0.2) is 0 Å². The minimum absolute atomic E-state index is 0.417. The van der Waals surface area contributed by atoms with Crippen LogP contribution in [-0.2, 0) is 0 Å². The van der Waals surface area contributed by atoms with E-state index in [0.717, 1.165) is 10.2 Å². The average molecular weight is 366 g/mol. The number of nitrogens with one attached hydrogen (secondary N) is 1. The standard InChI is InChI=1S/C12H8BrCl3N2/c13-6-1-2-7(14)11(3-6)18-12-5-9(16)8(15)4-10(12)17/h1-5,18H,17H2. The molecule has 0 aromatic heterocycles. The smallest absolute Gasteiger partial charge is 0.0641 e. The SMILES string of the molecule is Nc1cc(Cl)c(Cl)cc1Nc1cc(Br)ccc1Cl. The molecule has 6 heteroatoms. The van der Waals surface area contributed by atoms with Gasteiger partial charge in [0.2, 0.25) is 0 Å². The predicted octanol–water partition coefficient (Wildman–Crippen LogP) is 5.74. The maximum absolute atomic E-state index is 6.09. The highest BCUT2D eigenvalue weighted by Crippen LogP contribution is 2.35. The molecule has 0 saturated heterocycles. The number of nitrogen functional groups attached to an aromatic ring is 1. The van der Waals surface area contributed by atoms with E-state index in [9.17, 15) is 0 Å². The van der Waals surface area contributed by atoms with Crippen LogP contribution in [0.5, 0.6) is 0 Å². The van der Waals surface area contributed by atoms with Crippen LogP contribution in [0.15, 0.2) is 34.8 Å². The maximum atomic E-state index is 6.09. The summed E-state index contributed by atoms with van der Waals surface area (Å²) in [6.45, 7) is 0. The zero-order chi connectivity index (χ0) is 13.3. The summed E-state index contributed by atoms with van der Waals surface area (Å²) in [6.07, 6.45) is 0. The minimum Gasteiger partial charge on any atom is -0.397 e. The van der Waals surface area contributed by atoms with Gasteiger partial charge in [-0.1, -0.05) is 50.7 Å². The van der Waals surface area contributed by atoms with Gasteiger partial charge in [-0.2, -0.15) is 0 Å². The number of rotatable bonds is 2. The third-order valence-electron chi connectivity index (χ3n) is 2.29. The van der Waals surface area contributed by atoms with Crippen LogP contribution in [0.2, 0.25) is 15.1 Å². The monoisotopic (exact) mass is 364 g/mol. The molecule has 0 fully saturated rings. The highest BCUT2D eigenvalue weighted by Gasteiger charge is 2.07. The van der Waals surface area contributed by atoms with Crippen molar-refractivity contribution >= 4 is 67.8 Å². The molecule has 0 aliphatic rings. The zero-order valence-corrected chi connectivity index (χ0v) is 12.8. The Balaban J connectivity index is 2.40. The molecule has 0 bridgehead atoms. The lowest BCUT2D eigenvalue weighted by atomic mass is 10.2. The van der Waals surface area contributed by atoms with E-state index in [4.69, 9.17) is 40.5 Å². The number of hydrogen-bond donors (Lipinski definition) is 2. The zero-order valence-electron chi connectivity index (χ0n) is 8.98. The molecule has 0 unspecified atom stereocenters. The van der Waals surface area contributed by atoms with Crippen molar-refractivity contribution in [2.75, 3.05) is 11.1 Å². The number of halogens is 4. The topological polar surface area (TPSA) is 38.0 Å². The molecular formula is C12H8BrCl3N2. The van der Waals surface area contributed by atoms with Gasteiger partial charge in [0.25, 0.3) is 0 Å². The first-order chi connectivity index (χ1) is 8.47. The Bertz CT molecular complexity index is 602. The molecule has 2 nitrogen and oxygen atoms in total. The van der Waals surface area contributed by atoms with Gasteiger partial charge >= 0.3 is 0 Å². The quantitative estimate of drug-likeness (QED) is 0.666. The van der Waals surface area contributed by atoms with Gasteiger partial charge in [-0.3, -0.25) is 0 Å². The molecule has 0 atom stereocenters. The summed E-state index contributed by atoms with van der Waals surface area (Å²) >= 11 is 21.3. The summed E-state index contributed by atoms with van der Waals surface area (Å²) in [5, 5.41) is 4.55. The summed E-state index contributed by atoms with van der Waals surface area (Å²) in [4.78, 5) is 0. The van der Waals surface area contributed by atoms with Crippen LogP contribution >= 0.6 is 50.7 Å². The van der Waals surface area contributed by atoms with Crippen LogP contribution in [0.1, 0.15) is 0 Å². The summed E-state index contributed by atoms with van der Waals surface area (Å²) in [5.41, 5.74) is 7.76. The van der Waals surface area contributed by atoms with Gasteiger partial charge in [-0.05, 0) is 30.3 Å². The normalized spacial score (nSPS) is 10.4. The summed E-state index contributed by atoms with van der Waals surface area (Å²) < 4.78 is 0.910. The van der Waals surface area contributed by atoms with E-state index in [1.54, 1.807) is 18.2 Å². The lowest BCUT2D eigenvalue weighted by molar-refractivity contribution is 1.53. The fourth-order valence-electron chi connectivity index (χ4n) is 1.41. The van der Waals surface area contributed by atoms with Crippen LogP contribution < -0.4 is 11.1 Å². The molecule has 0 heterocycles. The Hall–Kier alpha value is -0.610. The summed E-state index contributed by atoms with van der Waals surface area (Å²) in [6, 6.07) is 8.74.